The highest BCUT2D eigenvalue weighted by molar-refractivity contribution is 7.81. The Balaban J connectivity index is 1.58. The summed E-state index contributed by atoms with van der Waals surface area (Å²) in [5, 5.41) is 4.43. The van der Waals surface area contributed by atoms with Gasteiger partial charge in [-0.15, -0.1) is 0 Å². The molecule has 3 aliphatic rings. The lowest BCUT2D eigenvalue weighted by Gasteiger charge is -2.44. The van der Waals surface area contributed by atoms with Gasteiger partial charge in [-0.2, -0.15) is 12.6 Å². The maximum Gasteiger partial charge on any atom is 0.0378 e. The highest BCUT2D eigenvalue weighted by Crippen LogP contribution is 2.51. The first-order valence-corrected chi connectivity index (χ1v) is 9.29. The van der Waals surface area contributed by atoms with E-state index in [0.29, 0.717) is 11.3 Å². The molecule has 5 unspecified atom stereocenters. The number of hydrogen-bond donors (Lipinski definition) is 2. The molecule has 2 aliphatic carbocycles. The summed E-state index contributed by atoms with van der Waals surface area (Å²) in [7, 11) is 0. The van der Waals surface area contributed by atoms with Gasteiger partial charge in [0, 0.05) is 22.9 Å². The van der Waals surface area contributed by atoms with Crippen molar-refractivity contribution in [2.45, 2.75) is 62.7 Å². The number of nitrogens with one attached hydrogen (secondary N) is 1. The van der Waals surface area contributed by atoms with Crippen LogP contribution in [0.5, 0.6) is 0 Å². The summed E-state index contributed by atoms with van der Waals surface area (Å²) in [6, 6.07) is 9.65. The van der Waals surface area contributed by atoms with Gasteiger partial charge in [0.1, 0.15) is 0 Å². The van der Waals surface area contributed by atoms with Gasteiger partial charge in [-0.25, -0.2) is 0 Å². The zero-order valence-electron chi connectivity index (χ0n) is 13.0. The predicted octanol–water partition coefficient (Wildman–Crippen LogP) is 5.10. The molecule has 0 spiro atoms. The van der Waals surface area contributed by atoms with Crippen molar-refractivity contribution in [1.82, 2.24) is 0 Å². The molecule has 2 saturated carbocycles. The van der Waals surface area contributed by atoms with Crippen LogP contribution in [0, 0.1) is 17.8 Å². The average Bonchev–Trinajstić information content (AvgIpc) is 2.84. The first-order valence-electron chi connectivity index (χ1n) is 8.77. The molecule has 1 aromatic carbocycles. The molecule has 1 aromatic rings. The van der Waals surface area contributed by atoms with Crippen LogP contribution in [-0.2, 0) is 0 Å². The summed E-state index contributed by atoms with van der Waals surface area (Å²) in [4.78, 5) is 0. The standard InChI is InChI=1S/C19H27NS/c1-12-10-18-16(13-6-2-4-8-17(13)20-18)11-15(12)14-7-3-5-9-19(14)21/h2,4,6,8,12,14-16,18-21H,3,5,7,9-11H2,1H3/t12-,14?,15?,16?,18?,19?/m1/s1. The van der Waals surface area contributed by atoms with Crippen molar-refractivity contribution in [2.24, 2.45) is 17.8 Å². The van der Waals surface area contributed by atoms with Crippen molar-refractivity contribution in [3.63, 3.8) is 0 Å². The third-order valence-corrected chi connectivity index (χ3v) is 7.04. The second-order valence-corrected chi connectivity index (χ2v) is 8.24. The molecule has 0 bridgehead atoms. The predicted molar refractivity (Wildman–Crippen MR) is 93.2 cm³/mol. The van der Waals surface area contributed by atoms with Crippen LogP contribution >= 0.6 is 12.6 Å². The Bertz CT molecular complexity index is 514. The second kappa shape index (κ2) is 5.53. The zero-order chi connectivity index (χ0) is 14.4. The lowest BCUT2D eigenvalue weighted by Crippen LogP contribution is -2.40. The molecule has 0 radical (unpaired) electrons. The van der Waals surface area contributed by atoms with Gasteiger partial charge in [-0.3, -0.25) is 0 Å². The van der Waals surface area contributed by atoms with Crippen LogP contribution in [0.4, 0.5) is 5.69 Å². The smallest absolute Gasteiger partial charge is 0.0378 e. The number of hydrogen-bond acceptors (Lipinski definition) is 2. The Morgan fingerprint density at radius 3 is 2.71 bits per heavy atom. The molecule has 4 rings (SSSR count). The fourth-order valence-corrected chi connectivity index (χ4v) is 5.87. The summed E-state index contributed by atoms with van der Waals surface area (Å²) >= 11 is 4.94. The first-order chi connectivity index (χ1) is 10.2. The van der Waals surface area contributed by atoms with Gasteiger partial charge in [-0.05, 0) is 55.1 Å². The van der Waals surface area contributed by atoms with Crippen molar-refractivity contribution < 1.29 is 0 Å². The van der Waals surface area contributed by atoms with Crippen molar-refractivity contribution in [1.29, 1.82) is 0 Å². The van der Waals surface area contributed by atoms with Gasteiger partial charge < -0.3 is 5.32 Å². The summed E-state index contributed by atoms with van der Waals surface area (Å²) in [6.07, 6.45) is 8.27. The number of para-hydroxylation sites is 1. The van der Waals surface area contributed by atoms with Crippen molar-refractivity contribution >= 4 is 18.3 Å². The molecule has 6 atom stereocenters. The summed E-state index contributed by atoms with van der Waals surface area (Å²) in [6.45, 7) is 2.49. The largest absolute Gasteiger partial charge is 0.381 e. The molecule has 114 valence electrons. The van der Waals surface area contributed by atoms with Crippen LogP contribution in [0.1, 0.15) is 56.9 Å². The van der Waals surface area contributed by atoms with E-state index in [0.717, 1.165) is 23.7 Å². The number of thiol groups is 1. The highest BCUT2D eigenvalue weighted by Gasteiger charge is 2.44. The number of fused-ring (bicyclic) bond motifs is 3. The lowest BCUT2D eigenvalue weighted by molar-refractivity contribution is 0.128. The number of benzene rings is 1. The zero-order valence-corrected chi connectivity index (χ0v) is 13.9. The van der Waals surface area contributed by atoms with Crippen LogP contribution in [0.2, 0.25) is 0 Å². The highest BCUT2D eigenvalue weighted by atomic mass is 32.1. The monoisotopic (exact) mass is 301 g/mol. The Labute approximate surface area is 134 Å². The normalized spacial score (nSPS) is 42.0. The van der Waals surface area contributed by atoms with Crippen molar-refractivity contribution in [3.05, 3.63) is 29.8 Å². The number of rotatable bonds is 1. The molecular formula is C19H27NS. The van der Waals surface area contributed by atoms with Crippen LogP contribution in [0.15, 0.2) is 24.3 Å². The van der Waals surface area contributed by atoms with E-state index in [4.69, 9.17) is 12.6 Å². The van der Waals surface area contributed by atoms with E-state index in [2.05, 4.69) is 36.5 Å². The summed E-state index contributed by atoms with van der Waals surface area (Å²) < 4.78 is 0. The van der Waals surface area contributed by atoms with Crippen LogP contribution in [0.25, 0.3) is 0 Å². The topological polar surface area (TPSA) is 12.0 Å². The molecule has 1 aliphatic heterocycles. The molecule has 1 N–H and O–H groups in total. The van der Waals surface area contributed by atoms with E-state index in [1.165, 1.54) is 44.2 Å². The Morgan fingerprint density at radius 2 is 1.86 bits per heavy atom. The fraction of sp³-hybridized carbons (Fsp3) is 0.684. The minimum Gasteiger partial charge on any atom is -0.381 e. The van der Waals surface area contributed by atoms with Gasteiger partial charge in [0.15, 0.2) is 0 Å². The van der Waals surface area contributed by atoms with Gasteiger partial charge >= 0.3 is 0 Å². The lowest BCUT2D eigenvalue weighted by atomic mass is 9.64. The van der Waals surface area contributed by atoms with Gasteiger partial charge in [0.25, 0.3) is 0 Å². The van der Waals surface area contributed by atoms with Crippen molar-refractivity contribution in [2.75, 3.05) is 5.32 Å². The first kappa shape index (κ1) is 14.0. The van der Waals surface area contributed by atoms with Crippen LogP contribution in [0.3, 0.4) is 0 Å². The van der Waals surface area contributed by atoms with Crippen molar-refractivity contribution in [3.8, 4) is 0 Å². The summed E-state index contributed by atoms with van der Waals surface area (Å²) in [5.74, 6) is 3.31. The van der Waals surface area contributed by atoms with E-state index in [9.17, 15) is 0 Å². The van der Waals surface area contributed by atoms with E-state index >= 15 is 0 Å². The molecule has 1 heterocycles. The molecule has 2 fully saturated rings. The third-order valence-electron chi connectivity index (χ3n) is 6.40. The molecule has 0 saturated heterocycles. The van der Waals surface area contributed by atoms with Gasteiger partial charge in [-0.1, -0.05) is 38.0 Å². The maximum atomic E-state index is 4.94. The van der Waals surface area contributed by atoms with Crippen LogP contribution < -0.4 is 5.32 Å². The molecular weight excluding hydrogens is 274 g/mol. The third kappa shape index (κ3) is 2.40. The SMILES string of the molecule is C[C@@H]1CC2Nc3ccccc3C2CC1C1CCCCC1S. The second-order valence-electron chi connectivity index (χ2n) is 7.57. The fourth-order valence-electron chi connectivity index (χ4n) is 5.32. The Hall–Kier alpha value is -0.630. The van der Waals surface area contributed by atoms with E-state index in [1.54, 1.807) is 5.56 Å². The average molecular weight is 301 g/mol. The van der Waals surface area contributed by atoms with E-state index in [-0.39, 0.29) is 0 Å². The van der Waals surface area contributed by atoms with Crippen LogP contribution in [-0.4, -0.2) is 11.3 Å². The van der Waals surface area contributed by atoms with Gasteiger partial charge in [0.05, 0.1) is 0 Å². The molecule has 21 heavy (non-hydrogen) atoms. The molecule has 2 heteroatoms. The maximum absolute atomic E-state index is 4.94. The Morgan fingerprint density at radius 1 is 1.05 bits per heavy atom. The molecule has 1 nitrogen and oxygen atoms in total. The minimum absolute atomic E-state index is 0.646. The molecule has 0 amide bonds. The van der Waals surface area contributed by atoms with Gasteiger partial charge in [0.2, 0.25) is 0 Å². The van der Waals surface area contributed by atoms with E-state index < -0.39 is 0 Å². The minimum atomic E-state index is 0.646. The number of anilines is 1. The van der Waals surface area contributed by atoms with E-state index in [1.807, 2.05) is 0 Å². The summed E-state index contributed by atoms with van der Waals surface area (Å²) in [5.41, 5.74) is 2.97. The molecule has 0 aromatic heterocycles. The quantitative estimate of drug-likeness (QED) is 0.688. The Kier molecular flexibility index (Phi) is 3.69.